The molecule has 1 amide bonds. The Bertz CT molecular complexity index is 577. The number of hydrogen-bond acceptors (Lipinski definition) is 6. The number of rotatable bonds is 4. The number of nitrogens with two attached hydrogens (primary N) is 1. The average molecular weight is 311 g/mol. The summed E-state index contributed by atoms with van der Waals surface area (Å²) in [5.41, 5.74) is 5.91. The van der Waals surface area contributed by atoms with Crippen LogP contribution in [0.5, 0.6) is 0 Å². The van der Waals surface area contributed by atoms with Gasteiger partial charge in [-0.2, -0.15) is 0 Å². The summed E-state index contributed by atoms with van der Waals surface area (Å²) in [6, 6.07) is 4.77. The Kier molecular flexibility index (Phi) is 4.43. The molecule has 1 saturated heterocycles. The van der Waals surface area contributed by atoms with E-state index in [1.54, 1.807) is 0 Å². The van der Waals surface area contributed by atoms with E-state index in [0.29, 0.717) is 5.56 Å². The van der Waals surface area contributed by atoms with Crippen LogP contribution in [0.3, 0.4) is 0 Å². The highest BCUT2D eigenvalue weighted by atomic mass is 32.2. The van der Waals surface area contributed by atoms with Crippen LogP contribution in [0.1, 0.15) is 10.9 Å². The van der Waals surface area contributed by atoms with Crippen molar-refractivity contribution in [3.05, 3.63) is 39.9 Å². The lowest BCUT2D eigenvalue weighted by atomic mass is 10.1. The van der Waals surface area contributed by atoms with E-state index in [4.69, 9.17) is 5.73 Å². The van der Waals surface area contributed by atoms with Gasteiger partial charge in [-0.05, 0) is 17.7 Å². The summed E-state index contributed by atoms with van der Waals surface area (Å²) in [6.07, 6.45) is 0. The van der Waals surface area contributed by atoms with E-state index >= 15 is 0 Å². The van der Waals surface area contributed by atoms with Gasteiger partial charge in [-0.1, -0.05) is 0 Å². The van der Waals surface area contributed by atoms with Crippen LogP contribution < -0.4 is 5.73 Å². The Hall–Kier alpha value is -2.13. The van der Waals surface area contributed by atoms with E-state index in [0.717, 1.165) is 0 Å². The molecule has 9 heteroatoms. The molecule has 1 aromatic rings. The number of benzene rings is 1. The van der Waals surface area contributed by atoms with E-state index < -0.39 is 28.2 Å². The van der Waals surface area contributed by atoms with Gasteiger partial charge in [-0.25, -0.2) is 4.79 Å². The molecular weight excluding hydrogens is 298 g/mol. The van der Waals surface area contributed by atoms with Crippen molar-refractivity contribution >= 4 is 29.3 Å². The maximum absolute atomic E-state index is 11.9. The molecule has 1 aliphatic rings. The number of amides is 1. The minimum absolute atomic E-state index is 0.0618. The number of hydrogen-bond donors (Lipinski definition) is 2. The second kappa shape index (κ2) is 6.10. The minimum atomic E-state index is -1.09. The predicted octanol–water partition coefficient (Wildman–Crippen LogP) is 0.581. The van der Waals surface area contributed by atoms with Crippen molar-refractivity contribution in [3.8, 4) is 0 Å². The number of non-ortho nitro benzene ring substituents is 1. The Labute approximate surface area is 124 Å². The summed E-state index contributed by atoms with van der Waals surface area (Å²) < 4.78 is 0. The lowest BCUT2D eigenvalue weighted by molar-refractivity contribution is -0.384. The van der Waals surface area contributed by atoms with Crippen molar-refractivity contribution < 1.29 is 19.6 Å². The fourth-order valence-electron chi connectivity index (χ4n) is 2.12. The van der Waals surface area contributed by atoms with Gasteiger partial charge >= 0.3 is 5.97 Å². The van der Waals surface area contributed by atoms with Crippen LogP contribution >= 0.6 is 11.8 Å². The number of carboxylic acids is 1. The summed E-state index contributed by atoms with van der Waals surface area (Å²) in [7, 11) is 0. The molecule has 1 aromatic carbocycles. The van der Waals surface area contributed by atoms with Gasteiger partial charge in [0.1, 0.15) is 11.4 Å². The van der Waals surface area contributed by atoms with Crippen molar-refractivity contribution in [1.29, 1.82) is 0 Å². The molecule has 1 aliphatic heterocycles. The molecule has 1 fully saturated rings. The molecule has 0 saturated carbocycles. The van der Waals surface area contributed by atoms with Gasteiger partial charge in [-0.15, -0.1) is 11.8 Å². The average Bonchev–Trinajstić information content (AvgIpc) is 2.91. The van der Waals surface area contributed by atoms with Crippen molar-refractivity contribution in [1.82, 2.24) is 4.90 Å². The van der Waals surface area contributed by atoms with Crippen molar-refractivity contribution in [2.75, 3.05) is 12.3 Å². The zero-order valence-electron chi connectivity index (χ0n) is 10.8. The minimum Gasteiger partial charge on any atom is -0.480 e. The van der Waals surface area contributed by atoms with Crippen LogP contribution in [-0.2, 0) is 9.59 Å². The molecule has 2 rings (SSSR count). The van der Waals surface area contributed by atoms with E-state index in [2.05, 4.69) is 0 Å². The normalized spacial score (nSPS) is 21.3. The molecule has 0 radical (unpaired) electrons. The Morgan fingerprint density at radius 1 is 1.43 bits per heavy atom. The van der Waals surface area contributed by atoms with Gasteiger partial charge < -0.3 is 15.7 Å². The molecule has 0 aromatic heterocycles. The van der Waals surface area contributed by atoms with E-state index in [1.165, 1.54) is 40.9 Å². The van der Waals surface area contributed by atoms with Gasteiger partial charge in [0.05, 0.1) is 11.5 Å². The van der Waals surface area contributed by atoms with E-state index in [1.807, 2.05) is 0 Å². The smallest absolute Gasteiger partial charge is 0.327 e. The van der Waals surface area contributed by atoms with Crippen molar-refractivity contribution in [2.45, 2.75) is 11.4 Å². The summed E-state index contributed by atoms with van der Waals surface area (Å²) in [5.74, 6) is -1.30. The van der Waals surface area contributed by atoms with Crippen molar-refractivity contribution in [3.63, 3.8) is 0 Å². The van der Waals surface area contributed by atoms with Crippen LogP contribution in [0, 0.1) is 10.1 Å². The molecule has 21 heavy (non-hydrogen) atoms. The second-order valence-electron chi connectivity index (χ2n) is 4.39. The van der Waals surface area contributed by atoms with Crippen molar-refractivity contribution in [2.24, 2.45) is 5.73 Å². The zero-order valence-corrected chi connectivity index (χ0v) is 11.7. The molecule has 2 atom stereocenters. The third kappa shape index (κ3) is 2.98. The molecule has 0 aliphatic carbocycles. The standard InChI is InChI=1S/C12H13N3O5S/c13-5-10(16)14-9(12(17)18)6-21-11(14)7-1-3-8(4-2-7)15(19)20/h1-4,9,11H,5-6,13H2,(H,17,18)/t9-,11?/m0/s1. The first-order valence-corrected chi connectivity index (χ1v) is 7.10. The zero-order chi connectivity index (χ0) is 15.6. The van der Waals surface area contributed by atoms with Crippen LogP contribution in [0.15, 0.2) is 24.3 Å². The van der Waals surface area contributed by atoms with Gasteiger partial charge in [0, 0.05) is 17.9 Å². The van der Waals surface area contributed by atoms with Crippen LogP contribution in [0.4, 0.5) is 5.69 Å². The molecule has 1 heterocycles. The quantitative estimate of drug-likeness (QED) is 0.615. The molecule has 0 bridgehead atoms. The number of nitro groups is 1. The van der Waals surface area contributed by atoms with E-state index in [9.17, 15) is 24.8 Å². The molecular formula is C12H13N3O5S. The fraction of sp³-hybridized carbons (Fsp3) is 0.333. The fourth-order valence-corrected chi connectivity index (χ4v) is 3.57. The highest BCUT2D eigenvalue weighted by molar-refractivity contribution is 7.99. The molecule has 1 unspecified atom stereocenters. The Morgan fingerprint density at radius 2 is 2.05 bits per heavy atom. The first-order valence-electron chi connectivity index (χ1n) is 6.05. The SMILES string of the molecule is NCC(=O)N1C(c2ccc([N+](=O)[O-])cc2)SC[C@H]1C(=O)O. The van der Waals surface area contributed by atoms with Crippen LogP contribution in [-0.4, -0.2) is 45.1 Å². The van der Waals surface area contributed by atoms with Gasteiger partial charge in [0.15, 0.2) is 0 Å². The summed E-state index contributed by atoms with van der Waals surface area (Å²) >= 11 is 1.30. The maximum atomic E-state index is 11.9. The largest absolute Gasteiger partial charge is 0.480 e. The van der Waals surface area contributed by atoms with Gasteiger partial charge in [0.2, 0.25) is 5.91 Å². The number of carbonyl (C=O) groups is 2. The number of thioether (sulfide) groups is 1. The third-order valence-electron chi connectivity index (χ3n) is 3.14. The number of carboxylic acid groups (broad SMARTS) is 1. The number of nitro benzene ring substituents is 1. The molecule has 112 valence electrons. The summed E-state index contributed by atoms with van der Waals surface area (Å²) in [6.45, 7) is -0.284. The number of aliphatic carboxylic acids is 1. The third-order valence-corrected chi connectivity index (χ3v) is 4.46. The molecule has 0 spiro atoms. The predicted molar refractivity (Wildman–Crippen MR) is 75.6 cm³/mol. The first-order chi connectivity index (χ1) is 9.95. The maximum Gasteiger partial charge on any atom is 0.327 e. The van der Waals surface area contributed by atoms with Crippen LogP contribution in [0.25, 0.3) is 0 Å². The number of carbonyl (C=O) groups excluding carboxylic acids is 1. The van der Waals surface area contributed by atoms with Gasteiger partial charge in [-0.3, -0.25) is 14.9 Å². The van der Waals surface area contributed by atoms with Crippen LogP contribution in [0.2, 0.25) is 0 Å². The van der Waals surface area contributed by atoms with Gasteiger partial charge in [0.25, 0.3) is 5.69 Å². The highest BCUT2D eigenvalue weighted by Crippen LogP contribution is 2.41. The highest BCUT2D eigenvalue weighted by Gasteiger charge is 2.41. The monoisotopic (exact) mass is 311 g/mol. The topological polar surface area (TPSA) is 127 Å². The van der Waals surface area contributed by atoms with E-state index in [-0.39, 0.29) is 18.0 Å². The lowest BCUT2D eigenvalue weighted by Crippen LogP contribution is -2.45. The second-order valence-corrected chi connectivity index (χ2v) is 5.51. The summed E-state index contributed by atoms with van der Waals surface area (Å²) in [5, 5.41) is 19.3. The first kappa shape index (κ1) is 15.3. The number of nitrogens with zero attached hydrogens (tertiary/aromatic N) is 2. The lowest BCUT2D eigenvalue weighted by Gasteiger charge is -2.27. The molecule has 8 nitrogen and oxygen atoms in total. The summed E-state index contributed by atoms with van der Waals surface area (Å²) in [4.78, 5) is 34.5. The Morgan fingerprint density at radius 3 is 2.52 bits per heavy atom. The molecule has 3 N–H and O–H groups in total. The Balaban J connectivity index is 2.30.